The molecule has 2 N–H and O–H groups in total. The second-order valence-electron chi connectivity index (χ2n) is 6.51. The molecule has 0 saturated carbocycles. The van der Waals surface area contributed by atoms with E-state index in [2.05, 4.69) is 15.6 Å². The van der Waals surface area contributed by atoms with E-state index in [0.29, 0.717) is 18.8 Å². The van der Waals surface area contributed by atoms with Crippen molar-refractivity contribution in [2.75, 3.05) is 31.1 Å². The van der Waals surface area contributed by atoms with Gasteiger partial charge in [-0.05, 0) is 64.1 Å². The van der Waals surface area contributed by atoms with Gasteiger partial charge in [-0.15, -0.1) is 35.7 Å². The summed E-state index contributed by atoms with van der Waals surface area (Å²) >= 11 is 1.70. The second-order valence-corrected chi connectivity index (χ2v) is 10.00. The Balaban J connectivity index is 0.00000625. The fourth-order valence-corrected chi connectivity index (χ4v) is 3.62. The number of halogens is 2. The van der Waals surface area contributed by atoms with Crippen molar-refractivity contribution in [2.24, 2.45) is 4.99 Å². The van der Waals surface area contributed by atoms with Gasteiger partial charge >= 0.3 is 0 Å². The fraction of sp³-hybridized carbons (Fsp3) is 0.611. The molecular weight excluding hydrogens is 484 g/mol. The molecule has 1 atom stereocenters. The number of benzene rings is 1. The Morgan fingerprint density at radius 2 is 1.88 bits per heavy atom. The number of aliphatic imine (C=N–C) groups is 1. The zero-order valence-corrected chi connectivity index (χ0v) is 20.0. The molecule has 0 aromatic heterocycles. The van der Waals surface area contributed by atoms with Crippen molar-refractivity contribution in [3.8, 4) is 0 Å². The molecule has 4 nitrogen and oxygen atoms in total. The molecule has 0 aliphatic rings. The summed E-state index contributed by atoms with van der Waals surface area (Å²) in [6.07, 6.45) is 0.937. The van der Waals surface area contributed by atoms with E-state index < -0.39 is 10.8 Å². The maximum absolute atomic E-state index is 12.8. The summed E-state index contributed by atoms with van der Waals surface area (Å²) in [6, 6.07) is 6.55. The molecule has 0 radical (unpaired) electrons. The van der Waals surface area contributed by atoms with Gasteiger partial charge in [-0.3, -0.25) is 9.20 Å². The molecule has 0 bridgehead atoms. The van der Waals surface area contributed by atoms with Crippen LogP contribution in [-0.2, 0) is 10.8 Å². The van der Waals surface area contributed by atoms with Crippen LogP contribution in [0.3, 0.4) is 0 Å². The third-order valence-electron chi connectivity index (χ3n) is 3.26. The topological polar surface area (TPSA) is 53.5 Å². The van der Waals surface area contributed by atoms with Crippen LogP contribution in [0.4, 0.5) is 4.39 Å². The van der Waals surface area contributed by atoms with Gasteiger partial charge in [0.15, 0.2) is 5.96 Å². The first-order chi connectivity index (χ1) is 11.8. The Kier molecular flexibility index (Phi) is 13.6. The van der Waals surface area contributed by atoms with E-state index in [1.54, 1.807) is 23.9 Å². The predicted molar refractivity (Wildman–Crippen MR) is 124 cm³/mol. The maximum Gasteiger partial charge on any atom is 0.191 e. The fourth-order valence-electron chi connectivity index (χ4n) is 1.89. The SMILES string of the molecule is CCNC(=NCCCSc1ccc(F)cc1)NCCS(=O)C(C)(C)C.I. The predicted octanol–water partition coefficient (Wildman–Crippen LogP) is 4.03. The summed E-state index contributed by atoms with van der Waals surface area (Å²) < 4.78 is 24.7. The van der Waals surface area contributed by atoms with Crippen LogP contribution in [0.5, 0.6) is 0 Å². The second kappa shape index (κ2) is 13.8. The van der Waals surface area contributed by atoms with E-state index in [1.807, 2.05) is 27.7 Å². The maximum atomic E-state index is 12.8. The highest BCUT2D eigenvalue weighted by atomic mass is 127. The van der Waals surface area contributed by atoms with Crippen LogP contribution in [0.1, 0.15) is 34.1 Å². The summed E-state index contributed by atoms with van der Waals surface area (Å²) in [5, 5.41) is 6.44. The first-order valence-electron chi connectivity index (χ1n) is 8.62. The summed E-state index contributed by atoms with van der Waals surface area (Å²) in [5.41, 5.74) is 0. The van der Waals surface area contributed by atoms with Gasteiger partial charge in [-0.25, -0.2) is 4.39 Å². The largest absolute Gasteiger partial charge is 0.357 e. The minimum absolute atomic E-state index is 0. The minimum atomic E-state index is -0.865. The number of thioether (sulfide) groups is 1. The van der Waals surface area contributed by atoms with Crippen LogP contribution in [0.15, 0.2) is 34.2 Å². The Labute approximate surface area is 181 Å². The molecule has 0 aliphatic heterocycles. The molecule has 26 heavy (non-hydrogen) atoms. The Morgan fingerprint density at radius 3 is 2.46 bits per heavy atom. The normalized spacial score (nSPS) is 13.0. The van der Waals surface area contributed by atoms with Crippen LogP contribution < -0.4 is 10.6 Å². The van der Waals surface area contributed by atoms with Crippen molar-refractivity contribution in [1.82, 2.24) is 10.6 Å². The van der Waals surface area contributed by atoms with Crippen molar-refractivity contribution in [3.05, 3.63) is 30.1 Å². The van der Waals surface area contributed by atoms with Crippen LogP contribution in [0, 0.1) is 5.82 Å². The molecule has 0 heterocycles. The highest BCUT2D eigenvalue weighted by Gasteiger charge is 2.18. The van der Waals surface area contributed by atoms with Crippen molar-refractivity contribution in [3.63, 3.8) is 0 Å². The van der Waals surface area contributed by atoms with Gasteiger partial charge in [-0.1, -0.05) is 0 Å². The van der Waals surface area contributed by atoms with Crippen molar-refractivity contribution < 1.29 is 8.60 Å². The summed E-state index contributed by atoms with van der Waals surface area (Å²) in [7, 11) is -0.865. The zero-order valence-electron chi connectivity index (χ0n) is 16.0. The van der Waals surface area contributed by atoms with Crippen molar-refractivity contribution in [2.45, 2.75) is 43.8 Å². The molecule has 1 aromatic carbocycles. The third-order valence-corrected chi connectivity index (χ3v) is 6.30. The lowest BCUT2D eigenvalue weighted by Gasteiger charge is -2.18. The van der Waals surface area contributed by atoms with Crippen molar-refractivity contribution >= 4 is 52.5 Å². The molecule has 0 fully saturated rings. The van der Waals surface area contributed by atoms with E-state index in [9.17, 15) is 8.60 Å². The summed E-state index contributed by atoms with van der Waals surface area (Å²) in [4.78, 5) is 5.61. The first kappa shape index (κ1) is 25.6. The van der Waals surface area contributed by atoms with Gasteiger partial charge in [0.05, 0.1) is 0 Å². The summed E-state index contributed by atoms with van der Waals surface area (Å²) in [6.45, 7) is 10.1. The average molecular weight is 516 g/mol. The molecular formula is C18H31FIN3OS2. The van der Waals surface area contributed by atoms with Gasteiger partial charge in [-0.2, -0.15) is 0 Å². The number of hydrogen-bond acceptors (Lipinski definition) is 3. The molecule has 0 saturated heterocycles. The van der Waals surface area contributed by atoms with Crippen LogP contribution in [-0.4, -0.2) is 46.1 Å². The smallest absolute Gasteiger partial charge is 0.191 e. The van der Waals surface area contributed by atoms with Gasteiger partial charge in [0.2, 0.25) is 0 Å². The first-order valence-corrected chi connectivity index (χ1v) is 10.9. The Hall–Kier alpha value is -0.350. The minimum Gasteiger partial charge on any atom is -0.357 e. The van der Waals surface area contributed by atoms with Gasteiger partial charge < -0.3 is 10.6 Å². The number of rotatable bonds is 9. The number of nitrogens with one attached hydrogen (secondary N) is 2. The van der Waals surface area contributed by atoms with E-state index in [-0.39, 0.29) is 34.5 Å². The standard InChI is InChI=1S/C18H30FN3OS2.HI/c1-5-20-17(22-12-14-25(23)18(2,3)4)21-11-6-13-24-16-9-7-15(19)8-10-16;/h7-10H,5-6,11-14H2,1-4H3,(H2,20,21,22);1H. The van der Waals surface area contributed by atoms with Crippen LogP contribution in [0.25, 0.3) is 0 Å². The van der Waals surface area contributed by atoms with Gasteiger partial charge in [0.25, 0.3) is 0 Å². The number of guanidine groups is 1. The van der Waals surface area contributed by atoms with E-state index in [0.717, 1.165) is 29.6 Å². The highest BCUT2D eigenvalue weighted by molar-refractivity contribution is 14.0. The monoisotopic (exact) mass is 515 g/mol. The molecule has 1 rings (SSSR count). The van der Waals surface area contributed by atoms with Crippen molar-refractivity contribution in [1.29, 1.82) is 0 Å². The lowest BCUT2D eigenvalue weighted by molar-refractivity contribution is 0.626. The Bertz CT molecular complexity index is 563. The number of hydrogen-bond donors (Lipinski definition) is 2. The quantitative estimate of drug-likeness (QED) is 0.172. The lowest BCUT2D eigenvalue weighted by Crippen LogP contribution is -2.40. The van der Waals surface area contributed by atoms with E-state index >= 15 is 0 Å². The molecule has 8 heteroatoms. The molecule has 0 aliphatic carbocycles. The van der Waals surface area contributed by atoms with E-state index in [1.165, 1.54) is 12.1 Å². The van der Waals surface area contributed by atoms with Crippen LogP contribution >= 0.6 is 35.7 Å². The van der Waals surface area contributed by atoms with E-state index in [4.69, 9.17) is 0 Å². The lowest BCUT2D eigenvalue weighted by atomic mass is 10.3. The third kappa shape index (κ3) is 11.4. The molecule has 150 valence electrons. The zero-order chi connectivity index (χ0) is 18.7. The molecule has 1 aromatic rings. The highest BCUT2D eigenvalue weighted by Crippen LogP contribution is 2.18. The van der Waals surface area contributed by atoms with Crippen LogP contribution in [0.2, 0.25) is 0 Å². The van der Waals surface area contributed by atoms with Gasteiger partial charge in [0.1, 0.15) is 5.82 Å². The molecule has 0 spiro atoms. The average Bonchev–Trinajstić information content (AvgIpc) is 2.55. The molecule has 0 amide bonds. The Morgan fingerprint density at radius 1 is 1.23 bits per heavy atom. The van der Waals surface area contributed by atoms with Gasteiger partial charge in [0, 0.05) is 45.8 Å². The summed E-state index contributed by atoms with van der Waals surface area (Å²) in [5.74, 6) is 2.10. The number of nitrogens with zero attached hydrogens (tertiary/aromatic N) is 1. The molecule has 1 unspecified atom stereocenters.